The predicted molar refractivity (Wildman–Crippen MR) is 114 cm³/mol. The van der Waals surface area contributed by atoms with Gasteiger partial charge >= 0.3 is 6.09 Å². The Bertz CT molecular complexity index is 1240. The number of amides is 1. The van der Waals surface area contributed by atoms with E-state index in [1.165, 1.54) is 7.11 Å². The highest BCUT2D eigenvalue weighted by atomic mass is 16.5. The zero-order chi connectivity index (χ0) is 20.9. The van der Waals surface area contributed by atoms with Crippen LogP contribution >= 0.6 is 0 Å². The van der Waals surface area contributed by atoms with Crippen molar-refractivity contribution in [1.82, 2.24) is 19.9 Å². The molecule has 7 nitrogen and oxygen atoms in total. The second-order valence-electron chi connectivity index (χ2n) is 6.72. The number of alkyl carbamates (subject to hydrolysis) is 1. The summed E-state index contributed by atoms with van der Waals surface area (Å²) in [4.78, 5) is 33.5. The van der Waals surface area contributed by atoms with Gasteiger partial charge in [-0.25, -0.2) is 14.8 Å². The molecule has 0 aliphatic heterocycles. The van der Waals surface area contributed by atoms with Crippen LogP contribution in [0, 0.1) is 0 Å². The first-order chi connectivity index (χ1) is 14.7. The molecule has 0 saturated heterocycles. The van der Waals surface area contributed by atoms with Gasteiger partial charge in [-0.3, -0.25) is 9.36 Å². The van der Waals surface area contributed by atoms with Crippen LogP contribution in [0.25, 0.3) is 16.9 Å². The van der Waals surface area contributed by atoms with Crippen molar-refractivity contribution in [3.8, 4) is 5.69 Å². The van der Waals surface area contributed by atoms with E-state index >= 15 is 0 Å². The molecule has 150 valence electrons. The summed E-state index contributed by atoms with van der Waals surface area (Å²) in [6.45, 7) is 0.330. The number of nitrogens with one attached hydrogen (secondary N) is 1. The van der Waals surface area contributed by atoms with Gasteiger partial charge in [0, 0.05) is 19.2 Å². The van der Waals surface area contributed by atoms with Crippen molar-refractivity contribution in [1.29, 1.82) is 0 Å². The number of ether oxygens (including phenoxy) is 1. The smallest absolute Gasteiger partial charge is 0.407 e. The van der Waals surface area contributed by atoms with E-state index in [-0.39, 0.29) is 5.56 Å². The van der Waals surface area contributed by atoms with E-state index < -0.39 is 6.09 Å². The van der Waals surface area contributed by atoms with Gasteiger partial charge in [0.25, 0.3) is 5.56 Å². The Morgan fingerprint density at radius 2 is 1.77 bits per heavy atom. The Morgan fingerprint density at radius 1 is 1.00 bits per heavy atom. The largest absolute Gasteiger partial charge is 0.453 e. The van der Waals surface area contributed by atoms with Gasteiger partial charge in [0.1, 0.15) is 11.2 Å². The van der Waals surface area contributed by atoms with Crippen LogP contribution in [0.1, 0.15) is 16.8 Å². The van der Waals surface area contributed by atoms with E-state index in [9.17, 15) is 9.59 Å². The molecule has 0 bridgehead atoms. The van der Waals surface area contributed by atoms with Crippen molar-refractivity contribution in [3.63, 3.8) is 0 Å². The summed E-state index contributed by atoms with van der Waals surface area (Å²) in [6.07, 6.45) is 1.59. The molecule has 4 aromatic rings. The molecule has 0 aliphatic carbocycles. The van der Waals surface area contributed by atoms with Crippen LogP contribution in [0.5, 0.6) is 0 Å². The van der Waals surface area contributed by atoms with Gasteiger partial charge < -0.3 is 10.1 Å². The second-order valence-corrected chi connectivity index (χ2v) is 6.72. The van der Waals surface area contributed by atoms with Crippen molar-refractivity contribution in [3.05, 3.63) is 100 Å². The fourth-order valence-electron chi connectivity index (χ4n) is 3.22. The molecule has 7 heteroatoms. The Morgan fingerprint density at radius 3 is 2.50 bits per heavy atom. The Balaban J connectivity index is 1.75. The maximum atomic E-state index is 13.3. The fourth-order valence-corrected chi connectivity index (χ4v) is 3.22. The van der Waals surface area contributed by atoms with E-state index in [1.807, 2.05) is 60.7 Å². The van der Waals surface area contributed by atoms with E-state index in [0.717, 1.165) is 11.1 Å². The first kappa shape index (κ1) is 19.3. The number of aromatic nitrogens is 3. The third kappa shape index (κ3) is 4.05. The minimum Gasteiger partial charge on any atom is -0.453 e. The molecule has 0 radical (unpaired) electrons. The molecule has 2 heterocycles. The quantitative estimate of drug-likeness (QED) is 0.556. The zero-order valence-electron chi connectivity index (χ0n) is 16.4. The van der Waals surface area contributed by atoms with Crippen molar-refractivity contribution >= 4 is 17.3 Å². The number of rotatable bonds is 5. The monoisotopic (exact) mass is 400 g/mol. The van der Waals surface area contributed by atoms with Gasteiger partial charge in [-0.2, -0.15) is 0 Å². The van der Waals surface area contributed by atoms with Crippen molar-refractivity contribution < 1.29 is 9.53 Å². The maximum absolute atomic E-state index is 13.3. The fraction of sp³-hybridized carbons (Fsp3) is 0.130. The molecule has 0 saturated carbocycles. The number of carbonyl (C=O) groups excluding carboxylic acids is 1. The van der Waals surface area contributed by atoms with Crippen LogP contribution in [0.15, 0.2) is 77.7 Å². The summed E-state index contributed by atoms with van der Waals surface area (Å²) < 4.78 is 6.16. The predicted octanol–water partition coefficient (Wildman–Crippen LogP) is 3.23. The number of pyridine rings is 1. The third-order valence-electron chi connectivity index (χ3n) is 4.71. The number of nitrogens with zero attached hydrogens (tertiary/aromatic N) is 3. The minimum absolute atomic E-state index is 0.203. The molecule has 0 spiro atoms. The molecule has 0 fully saturated rings. The normalized spacial score (nSPS) is 10.7. The maximum Gasteiger partial charge on any atom is 0.407 e. The van der Waals surface area contributed by atoms with Crippen molar-refractivity contribution in [2.24, 2.45) is 0 Å². The molecular formula is C23H20N4O3. The van der Waals surface area contributed by atoms with Crippen LogP contribution in [0.3, 0.4) is 0 Å². The number of hydrogen-bond donors (Lipinski definition) is 1. The van der Waals surface area contributed by atoms with E-state index in [1.54, 1.807) is 16.8 Å². The van der Waals surface area contributed by atoms with Crippen molar-refractivity contribution in [2.75, 3.05) is 7.11 Å². The number of fused-ring (bicyclic) bond motifs is 1. The highest BCUT2D eigenvalue weighted by Gasteiger charge is 2.14. The first-order valence-electron chi connectivity index (χ1n) is 9.47. The molecular weight excluding hydrogens is 380 g/mol. The Hall–Kier alpha value is -4.00. The number of carbonyl (C=O) groups is 1. The number of benzene rings is 2. The van der Waals surface area contributed by atoms with E-state index in [2.05, 4.69) is 20.0 Å². The lowest BCUT2D eigenvalue weighted by Crippen LogP contribution is -2.25. The number of methoxy groups -OCH3 is 1. The van der Waals surface area contributed by atoms with Gasteiger partial charge in [0.2, 0.25) is 0 Å². The highest BCUT2D eigenvalue weighted by molar-refractivity contribution is 5.72. The van der Waals surface area contributed by atoms with Crippen molar-refractivity contribution in [2.45, 2.75) is 13.0 Å². The van der Waals surface area contributed by atoms with Gasteiger partial charge in [-0.1, -0.05) is 42.5 Å². The molecule has 30 heavy (non-hydrogen) atoms. The van der Waals surface area contributed by atoms with Crippen LogP contribution in [0.2, 0.25) is 0 Å². The summed E-state index contributed by atoms with van der Waals surface area (Å²) >= 11 is 0. The molecule has 0 aliphatic rings. The topological polar surface area (TPSA) is 86.1 Å². The van der Waals surface area contributed by atoms with E-state index in [0.29, 0.717) is 35.5 Å². The summed E-state index contributed by atoms with van der Waals surface area (Å²) in [5.74, 6) is 0. The summed E-state index contributed by atoms with van der Waals surface area (Å²) in [6, 6.07) is 20.8. The van der Waals surface area contributed by atoms with Crippen LogP contribution in [-0.2, 0) is 17.7 Å². The third-order valence-corrected chi connectivity index (χ3v) is 4.71. The Kier molecular flexibility index (Phi) is 5.52. The average molecular weight is 400 g/mol. The van der Waals surface area contributed by atoms with Crippen LogP contribution < -0.4 is 10.9 Å². The SMILES string of the molecule is COC(=O)NCc1ccc(-n2c(=O)c(Cc3ccccc3)nc3cccnc32)cc1. The Labute approximate surface area is 173 Å². The lowest BCUT2D eigenvalue weighted by molar-refractivity contribution is 0.170. The van der Waals surface area contributed by atoms with E-state index in [4.69, 9.17) is 0 Å². The molecule has 1 N–H and O–H groups in total. The molecule has 1 amide bonds. The van der Waals surface area contributed by atoms with Crippen LogP contribution in [0.4, 0.5) is 4.79 Å². The van der Waals surface area contributed by atoms with Gasteiger partial charge in [-0.15, -0.1) is 0 Å². The molecule has 2 aromatic heterocycles. The lowest BCUT2D eigenvalue weighted by atomic mass is 10.1. The highest BCUT2D eigenvalue weighted by Crippen LogP contribution is 2.16. The second kappa shape index (κ2) is 8.57. The summed E-state index contributed by atoms with van der Waals surface area (Å²) in [5, 5.41) is 2.63. The lowest BCUT2D eigenvalue weighted by Gasteiger charge is -2.12. The average Bonchev–Trinajstić information content (AvgIpc) is 2.79. The molecule has 2 aromatic carbocycles. The number of hydrogen-bond acceptors (Lipinski definition) is 5. The molecule has 4 rings (SSSR count). The van der Waals surface area contributed by atoms with Gasteiger partial charge in [-0.05, 0) is 35.4 Å². The molecule has 0 unspecified atom stereocenters. The summed E-state index contributed by atoms with van der Waals surface area (Å²) in [5.41, 5.74) is 3.99. The molecule has 0 atom stereocenters. The first-order valence-corrected chi connectivity index (χ1v) is 9.47. The zero-order valence-corrected chi connectivity index (χ0v) is 16.4. The minimum atomic E-state index is -0.495. The van der Waals surface area contributed by atoms with Gasteiger partial charge in [0.15, 0.2) is 5.65 Å². The standard InChI is InChI=1S/C23H20N4O3/c1-30-23(29)25-15-17-9-11-18(12-10-17)27-21-19(8-5-13-24-21)26-20(22(27)28)14-16-6-3-2-4-7-16/h2-13H,14-15H2,1H3,(H,25,29). The summed E-state index contributed by atoms with van der Waals surface area (Å²) in [7, 11) is 1.32. The van der Waals surface area contributed by atoms with Gasteiger partial charge in [0.05, 0.1) is 12.8 Å². The van der Waals surface area contributed by atoms with Crippen LogP contribution in [-0.4, -0.2) is 27.7 Å².